The van der Waals surface area contributed by atoms with Crippen LogP contribution in [0, 0.1) is 0 Å². The Kier molecular flexibility index (Phi) is 1.89. The highest BCUT2D eigenvalue weighted by Gasteiger charge is 2.39. The smallest absolute Gasteiger partial charge is 0.257 e. The third-order valence-corrected chi connectivity index (χ3v) is 3.34. The zero-order chi connectivity index (χ0) is 7.07. The van der Waals surface area contributed by atoms with Gasteiger partial charge < -0.3 is 5.32 Å². The number of carbonyl (C=O) groups is 1. The second-order valence-corrected chi connectivity index (χ2v) is 5.39. The van der Waals surface area contributed by atoms with Gasteiger partial charge in [-0.05, 0) is 0 Å². The second kappa shape index (κ2) is 2.25. The predicted molar refractivity (Wildman–Crippen MR) is 42.7 cm³/mol. The average Bonchev–Trinajstić information content (AvgIpc) is 1.96. The number of alkyl halides is 2. The predicted octanol–water partition coefficient (Wildman–Crippen LogP) is 1.68. The first-order chi connectivity index (χ1) is 4.05. The van der Waals surface area contributed by atoms with Crippen LogP contribution in [0.1, 0.15) is 0 Å². The van der Waals surface area contributed by atoms with Gasteiger partial charge in [-0.15, -0.1) is 0 Å². The number of rotatable bonds is 0. The molecule has 1 heterocycles. The van der Waals surface area contributed by atoms with Gasteiger partial charge >= 0.3 is 0 Å². The molecular formula is C4H2Br2ClNO. The van der Waals surface area contributed by atoms with Crippen LogP contribution in [-0.2, 0) is 4.79 Å². The molecule has 0 aromatic heterocycles. The molecule has 1 amide bonds. The normalized spacial score (nSPS) is 23.4. The molecule has 2 nitrogen and oxygen atoms in total. The van der Waals surface area contributed by atoms with E-state index >= 15 is 0 Å². The van der Waals surface area contributed by atoms with Crippen LogP contribution in [0.2, 0.25) is 0 Å². The maximum atomic E-state index is 10.8. The van der Waals surface area contributed by atoms with Crippen LogP contribution in [0.4, 0.5) is 0 Å². The van der Waals surface area contributed by atoms with Gasteiger partial charge in [-0.2, -0.15) is 0 Å². The van der Waals surface area contributed by atoms with Crippen LogP contribution in [-0.4, -0.2) is 9.14 Å². The first-order valence-corrected chi connectivity index (χ1v) is 4.06. The molecule has 50 valence electrons. The number of nitrogens with one attached hydrogen (secondary N) is 1. The SMILES string of the molecule is O=C1NC=C(Cl)C1(Br)Br. The van der Waals surface area contributed by atoms with Gasteiger partial charge in [0.1, 0.15) is 0 Å². The fourth-order valence-corrected chi connectivity index (χ4v) is 1.02. The molecular weight excluding hydrogens is 273 g/mol. The summed E-state index contributed by atoms with van der Waals surface area (Å²) in [6, 6.07) is 0. The molecule has 0 spiro atoms. The van der Waals surface area contributed by atoms with E-state index in [2.05, 4.69) is 37.2 Å². The third-order valence-electron chi connectivity index (χ3n) is 0.915. The number of hydrogen-bond acceptors (Lipinski definition) is 1. The lowest BCUT2D eigenvalue weighted by atomic mass is 10.4. The van der Waals surface area contributed by atoms with Crippen LogP contribution >= 0.6 is 43.5 Å². The van der Waals surface area contributed by atoms with Gasteiger partial charge in [-0.25, -0.2) is 0 Å². The van der Waals surface area contributed by atoms with Crippen molar-refractivity contribution in [3.63, 3.8) is 0 Å². The minimum atomic E-state index is -0.887. The van der Waals surface area contributed by atoms with Crippen molar-refractivity contribution in [2.45, 2.75) is 3.23 Å². The summed E-state index contributed by atoms with van der Waals surface area (Å²) in [5, 5.41) is 2.84. The molecule has 1 aliphatic heterocycles. The van der Waals surface area contributed by atoms with Crippen LogP contribution in [0.15, 0.2) is 11.2 Å². The Labute approximate surface area is 73.9 Å². The zero-order valence-corrected chi connectivity index (χ0v) is 8.05. The van der Waals surface area contributed by atoms with Gasteiger partial charge in [-0.1, -0.05) is 43.5 Å². The Morgan fingerprint density at radius 2 is 2.22 bits per heavy atom. The van der Waals surface area contributed by atoms with E-state index in [0.29, 0.717) is 5.03 Å². The molecule has 5 heteroatoms. The molecule has 0 aliphatic carbocycles. The van der Waals surface area contributed by atoms with Gasteiger partial charge in [0.2, 0.25) is 0 Å². The summed E-state index contributed by atoms with van der Waals surface area (Å²) >= 11 is 11.7. The molecule has 1 rings (SSSR count). The highest BCUT2D eigenvalue weighted by Crippen LogP contribution is 2.39. The fraction of sp³-hybridized carbons (Fsp3) is 0.250. The van der Waals surface area contributed by atoms with Gasteiger partial charge in [0.15, 0.2) is 3.23 Å². The largest absolute Gasteiger partial charge is 0.329 e. The Hall–Kier alpha value is 0.460. The minimum absolute atomic E-state index is 0.201. The van der Waals surface area contributed by atoms with E-state index in [1.165, 1.54) is 6.20 Å². The van der Waals surface area contributed by atoms with Crippen molar-refractivity contribution in [1.29, 1.82) is 0 Å². The summed E-state index contributed by atoms with van der Waals surface area (Å²) in [4.78, 5) is 10.8. The van der Waals surface area contributed by atoms with Crippen molar-refractivity contribution in [1.82, 2.24) is 5.32 Å². The zero-order valence-electron chi connectivity index (χ0n) is 4.12. The van der Waals surface area contributed by atoms with Crippen LogP contribution in [0.3, 0.4) is 0 Å². The van der Waals surface area contributed by atoms with Crippen molar-refractivity contribution in [2.24, 2.45) is 0 Å². The Morgan fingerprint density at radius 1 is 1.67 bits per heavy atom. The maximum Gasteiger partial charge on any atom is 0.257 e. The van der Waals surface area contributed by atoms with Gasteiger partial charge in [-0.3, -0.25) is 4.79 Å². The molecule has 0 saturated heterocycles. The first kappa shape index (κ1) is 7.57. The Balaban J connectivity index is 2.93. The van der Waals surface area contributed by atoms with E-state index in [1.807, 2.05) is 0 Å². The summed E-state index contributed by atoms with van der Waals surface area (Å²) in [5.41, 5.74) is 0. The standard InChI is InChI=1S/C4H2Br2ClNO/c5-4(6)2(7)1-8-3(4)9/h1H,(H,8,9). The number of carbonyl (C=O) groups excluding carboxylic acids is 1. The van der Waals surface area contributed by atoms with E-state index in [1.54, 1.807) is 0 Å². The molecule has 0 fully saturated rings. The Morgan fingerprint density at radius 3 is 2.33 bits per heavy atom. The molecule has 0 aromatic carbocycles. The van der Waals surface area contributed by atoms with E-state index in [4.69, 9.17) is 11.6 Å². The van der Waals surface area contributed by atoms with E-state index < -0.39 is 3.23 Å². The highest BCUT2D eigenvalue weighted by molar-refractivity contribution is 9.26. The monoisotopic (exact) mass is 273 g/mol. The lowest BCUT2D eigenvalue weighted by molar-refractivity contribution is -0.118. The average molecular weight is 275 g/mol. The maximum absolute atomic E-state index is 10.8. The molecule has 0 atom stereocenters. The number of halogens is 3. The van der Waals surface area contributed by atoms with Gasteiger partial charge in [0, 0.05) is 6.20 Å². The fourth-order valence-electron chi connectivity index (χ4n) is 0.419. The van der Waals surface area contributed by atoms with Crippen molar-refractivity contribution in [3.8, 4) is 0 Å². The van der Waals surface area contributed by atoms with Crippen LogP contribution < -0.4 is 5.32 Å². The van der Waals surface area contributed by atoms with Crippen LogP contribution in [0.5, 0.6) is 0 Å². The quantitative estimate of drug-likeness (QED) is 0.670. The summed E-state index contributed by atoms with van der Waals surface area (Å²) in [6.45, 7) is 0. The van der Waals surface area contributed by atoms with Gasteiger partial charge in [0.25, 0.3) is 5.91 Å². The summed E-state index contributed by atoms with van der Waals surface area (Å²) in [5.74, 6) is -0.201. The highest BCUT2D eigenvalue weighted by atomic mass is 79.9. The molecule has 0 aromatic rings. The molecule has 0 bridgehead atoms. The molecule has 1 aliphatic rings. The molecule has 1 N–H and O–H groups in total. The van der Waals surface area contributed by atoms with Gasteiger partial charge in [0.05, 0.1) is 5.03 Å². The second-order valence-electron chi connectivity index (χ2n) is 1.54. The lowest BCUT2D eigenvalue weighted by Crippen LogP contribution is -2.27. The molecule has 0 saturated carbocycles. The van der Waals surface area contributed by atoms with Crippen LogP contribution in [0.25, 0.3) is 0 Å². The topological polar surface area (TPSA) is 29.1 Å². The van der Waals surface area contributed by atoms with Crippen molar-refractivity contribution in [3.05, 3.63) is 11.2 Å². The van der Waals surface area contributed by atoms with Crippen molar-refractivity contribution < 1.29 is 4.79 Å². The molecule has 0 radical (unpaired) electrons. The molecule has 9 heavy (non-hydrogen) atoms. The van der Waals surface area contributed by atoms with E-state index in [9.17, 15) is 4.79 Å². The summed E-state index contributed by atoms with van der Waals surface area (Å²) in [6.07, 6.45) is 1.44. The first-order valence-electron chi connectivity index (χ1n) is 2.10. The Bertz CT molecular complexity index is 189. The number of amides is 1. The molecule has 0 unspecified atom stereocenters. The minimum Gasteiger partial charge on any atom is -0.329 e. The lowest BCUT2D eigenvalue weighted by Gasteiger charge is -2.08. The van der Waals surface area contributed by atoms with Crippen molar-refractivity contribution >= 4 is 49.4 Å². The summed E-state index contributed by atoms with van der Waals surface area (Å²) in [7, 11) is 0. The summed E-state index contributed by atoms with van der Waals surface area (Å²) < 4.78 is -0.887. The van der Waals surface area contributed by atoms with E-state index in [-0.39, 0.29) is 5.91 Å². The number of hydrogen-bond donors (Lipinski definition) is 1. The third kappa shape index (κ3) is 1.16. The van der Waals surface area contributed by atoms with Crippen molar-refractivity contribution in [2.75, 3.05) is 0 Å². The van der Waals surface area contributed by atoms with E-state index in [0.717, 1.165) is 0 Å².